The van der Waals surface area contributed by atoms with Gasteiger partial charge in [-0.25, -0.2) is 8.42 Å². The Morgan fingerprint density at radius 1 is 0.750 bits per heavy atom. The Bertz CT molecular complexity index is 1390. The van der Waals surface area contributed by atoms with Crippen LogP contribution in [-0.2, 0) is 14.8 Å². The van der Waals surface area contributed by atoms with Crippen molar-refractivity contribution >= 4 is 10.0 Å². The molecule has 0 atom stereocenters. The fourth-order valence-electron chi connectivity index (χ4n) is 3.47. The summed E-state index contributed by atoms with van der Waals surface area (Å²) in [5, 5.41) is 8.64. The molecule has 48 heavy (non-hydrogen) atoms. The van der Waals surface area contributed by atoms with Crippen LogP contribution in [0.2, 0.25) is 0 Å². The van der Waals surface area contributed by atoms with Crippen LogP contribution in [-0.4, -0.2) is 98.4 Å². The second-order valence-electron chi connectivity index (χ2n) is 9.97. The normalized spacial score (nSPS) is 15.1. The smallest absolute Gasteiger partial charge is 0.392 e. The van der Waals surface area contributed by atoms with Gasteiger partial charge in [0.1, 0.15) is 0 Å². The number of nitrogens with zero attached hydrogens (tertiary/aromatic N) is 1. The van der Waals surface area contributed by atoms with Crippen LogP contribution in [0.4, 0.5) is 74.6 Å². The van der Waals surface area contributed by atoms with E-state index in [2.05, 4.69) is 6.58 Å². The molecule has 1 rings (SSSR count). The van der Waals surface area contributed by atoms with Crippen LogP contribution in [0.1, 0.15) is 12.0 Å². The molecule has 0 bridgehead atoms. The van der Waals surface area contributed by atoms with E-state index in [-0.39, 0.29) is 16.5 Å². The third-order valence-corrected chi connectivity index (χ3v) is 8.17. The average Bonchev–Trinajstić information content (AvgIpc) is 2.94. The summed E-state index contributed by atoms with van der Waals surface area (Å²) in [6.07, 6.45) is -8.44. The summed E-state index contributed by atoms with van der Waals surface area (Å²) in [4.78, 5) is -0.757. The molecule has 5 nitrogen and oxygen atoms in total. The minimum atomic E-state index is -8.77. The van der Waals surface area contributed by atoms with Gasteiger partial charge in [0.15, 0.2) is 0 Å². The fourth-order valence-corrected chi connectivity index (χ4v) is 4.93. The van der Waals surface area contributed by atoms with Crippen LogP contribution in [0.5, 0.6) is 0 Å². The van der Waals surface area contributed by atoms with Crippen molar-refractivity contribution in [3.8, 4) is 0 Å². The molecule has 0 aliphatic heterocycles. The first-order chi connectivity index (χ1) is 21.3. The molecular weight excluding hydrogens is 733 g/mol. The topological polar surface area (TPSA) is 66.8 Å². The quantitative estimate of drug-likeness (QED) is 0.0958. The predicted octanol–water partition coefficient (Wildman–Crippen LogP) is 7.51. The van der Waals surface area contributed by atoms with Crippen molar-refractivity contribution in [2.75, 3.05) is 32.9 Å². The molecule has 1 aromatic rings. The van der Waals surface area contributed by atoms with Crippen molar-refractivity contribution in [3.63, 3.8) is 0 Å². The molecule has 1 N–H and O–H groups in total. The highest BCUT2D eigenvalue weighted by atomic mass is 32.2. The Kier molecular flexibility index (Phi) is 12.9. The lowest BCUT2D eigenvalue weighted by atomic mass is 9.88. The Morgan fingerprint density at radius 2 is 1.19 bits per heavy atom. The summed E-state index contributed by atoms with van der Waals surface area (Å²) >= 11 is 0. The number of hydrogen-bond donors (Lipinski definition) is 1. The molecule has 0 aromatic heterocycles. The van der Waals surface area contributed by atoms with E-state index >= 15 is 0 Å². The van der Waals surface area contributed by atoms with Gasteiger partial charge in [0, 0.05) is 19.5 Å². The van der Waals surface area contributed by atoms with E-state index in [0.29, 0.717) is 5.56 Å². The molecule has 0 aliphatic rings. The van der Waals surface area contributed by atoms with Crippen molar-refractivity contribution in [2.24, 2.45) is 0 Å². The van der Waals surface area contributed by atoms with Gasteiger partial charge in [-0.3, -0.25) is 0 Å². The van der Waals surface area contributed by atoms with Crippen molar-refractivity contribution in [1.29, 1.82) is 0 Å². The molecule has 0 saturated carbocycles. The van der Waals surface area contributed by atoms with Crippen molar-refractivity contribution in [1.82, 2.24) is 4.31 Å². The van der Waals surface area contributed by atoms with E-state index in [0.717, 1.165) is 24.3 Å². The molecule has 1 aromatic carbocycles. The zero-order valence-corrected chi connectivity index (χ0v) is 24.7. The lowest BCUT2D eigenvalue weighted by molar-refractivity contribution is -0.461. The largest absolute Gasteiger partial charge is 0.460 e. The van der Waals surface area contributed by atoms with Crippen LogP contribution < -0.4 is 0 Å². The summed E-state index contributed by atoms with van der Waals surface area (Å²) in [6, 6.07) is 3.97. The Balaban J connectivity index is 3.54. The summed E-state index contributed by atoms with van der Waals surface area (Å²) in [5.74, 6) is -57.7. The van der Waals surface area contributed by atoms with Crippen LogP contribution in [0.25, 0.3) is 0 Å². The van der Waals surface area contributed by atoms with Crippen LogP contribution >= 0.6 is 0 Å². The second kappa shape index (κ2) is 14.3. The number of hydrogen-bond acceptors (Lipinski definition) is 4. The first-order valence-corrected chi connectivity index (χ1v) is 14.0. The van der Waals surface area contributed by atoms with E-state index in [4.69, 9.17) is 9.84 Å². The molecular formula is C25H24F17NO4S. The minimum Gasteiger partial charge on any atom is -0.392 e. The van der Waals surface area contributed by atoms with Gasteiger partial charge in [-0.15, -0.1) is 0 Å². The fraction of sp³-hybridized carbons (Fsp3) is 0.600. The van der Waals surface area contributed by atoms with Crippen LogP contribution in [0.15, 0.2) is 53.5 Å². The third-order valence-electron chi connectivity index (χ3n) is 6.31. The average molecular weight is 758 g/mol. The standard InChI is InChI=1S/C25H24F17NO4S/c1-15-5-7-17(8-6-15)48(45,46)43(13-16(2)14-47-12-4-3-11-44)10-9-18(26,27)19(28,29)20(30,31)21(32,33)22(34,35)23(36,37)24(38,39)25(40,41)42/h3-8,44H,2,9-14H2,1H3/b4-3-. The first kappa shape index (κ1) is 43.4. The molecule has 23 heteroatoms. The predicted molar refractivity (Wildman–Crippen MR) is 131 cm³/mol. The van der Waals surface area contributed by atoms with Crippen LogP contribution in [0, 0.1) is 6.92 Å². The summed E-state index contributed by atoms with van der Waals surface area (Å²) in [5.41, 5.74) is 0.0569. The lowest BCUT2D eigenvalue weighted by Gasteiger charge is -2.43. The Morgan fingerprint density at radius 3 is 1.62 bits per heavy atom. The second-order valence-corrected chi connectivity index (χ2v) is 11.9. The lowest BCUT2D eigenvalue weighted by Crippen LogP contribution is -2.74. The first-order valence-electron chi connectivity index (χ1n) is 12.6. The highest BCUT2D eigenvalue weighted by molar-refractivity contribution is 7.89. The van der Waals surface area contributed by atoms with Gasteiger partial charge in [0.2, 0.25) is 10.0 Å². The van der Waals surface area contributed by atoms with Gasteiger partial charge in [-0.05, 0) is 24.6 Å². The monoisotopic (exact) mass is 757 g/mol. The molecule has 0 radical (unpaired) electrons. The number of sulfonamides is 1. The van der Waals surface area contributed by atoms with Crippen molar-refractivity contribution in [3.05, 3.63) is 54.1 Å². The van der Waals surface area contributed by atoms with Gasteiger partial charge in [-0.2, -0.15) is 78.9 Å². The summed E-state index contributed by atoms with van der Waals surface area (Å²) < 4.78 is 262. The number of aliphatic hydroxyl groups excluding tert-OH is 1. The molecule has 0 spiro atoms. The molecule has 0 unspecified atom stereocenters. The Labute approximate surface area is 260 Å². The number of ether oxygens (including phenoxy) is 1. The van der Waals surface area contributed by atoms with E-state index in [1.54, 1.807) is 0 Å². The van der Waals surface area contributed by atoms with E-state index in [1.165, 1.54) is 19.1 Å². The number of aryl methyl sites for hydroxylation is 1. The highest BCUT2D eigenvalue weighted by Gasteiger charge is 2.95. The molecule has 0 fully saturated rings. The maximum absolute atomic E-state index is 14.6. The minimum absolute atomic E-state index is 0.153. The maximum atomic E-state index is 14.6. The van der Waals surface area contributed by atoms with Gasteiger partial charge >= 0.3 is 47.6 Å². The Hall–Kier alpha value is -2.66. The van der Waals surface area contributed by atoms with Crippen LogP contribution in [0.3, 0.4) is 0 Å². The molecule has 0 amide bonds. The van der Waals surface area contributed by atoms with E-state index in [9.17, 15) is 83.1 Å². The molecule has 0 aliphatic carbocycles. The third kappa shape index (κ3) is 7.87. The number of benzene rings is 1. The molecule has 0 heterocycles. The SMILES string of the molecule is C=C(COC/C=C\CO)CN(CCC(F)(F)C(F)(F)C(F)(F)C(F)(F)C(F)(F)C(F)(F)C(F)(F)C(F)(F)F)S(=O)(=O)c1ccc(C)cc1. The highest BCUT2D eigenvalue weighted by Crippen LogP contribution is 2.64. The van der Waals surface area contributed by atoms with Gasteiger partial charge < -0.3 is 9.84 Å². The summed E-state index contributed by atoms with van der Waals surface area (Å²) in [6.45, 7) is 0.261. The van der Waals surface area contributed by atoms with E-state index < -0.39 is 95.3 Å². The number of aliphatic hydroxyl groups is 1. The van der Waals surface area contributed by atoms with Crippen molar-refractivity contribution < 1.29 is 92.9 Å². The zero-order chi connectivity index (χ0) is 38.0. The number of rotatable bonds is 18. The van der Waals surface area contributed by atoms with E-state index in [1.807, 2.05) is 0 Å². The number of halogens is 17. The van der Waals surface area contributed by atoms with Gasteiger partial charge in [0.05, 0.1) is 24.7 Å². The molecule has 0 saturated heterocycles. The maximum Gasteiger partial charge on any atom is 0.460 e. The zero-order valence-electron chi connectivity index (χ0n) is 23.9. The molecule has 278 valence electrons. The van der Waals surface area contributed by atoms with Gasteiger partial charge in [-0.1, -0.05) is 36.4 Å². The number of alkyl halides is 17. The summed E-state index contributed by atoms with van der Waals surface area (Å²) in [7, 11) is -5.11. The van der Waals surface area contributed by atoms with Gasteiger partial charge in [0.25, 0.3) is 0 Å². The van der Waals surface area contributed by atoms with Crippen molar-refractivity contribution in [2.45, 2.75) is 65.9 Å².